The van der Waals surface area contributed by atoms with Crippen LogP contribution in [0.1, 0.15) is 11.3 Å². The molecule has 0 atom stereocenters. The zero-order valence-corrected chi connectivity index (χ0v) is 13.2. The molecule has 0 unspecified atom stereocenters. The summed E-state index contributed by atoms with van der Waals surface area (Å²) >= 11 is 0. The van der Waals surface area contributed by atoms with Gasteiger partial charge in [-0.3, -0.25) is 14.7 Å². The maximum absolute atomic E-state index is 13.0. The number of para-hydroxylation sites is 2. The number of carbonyl (C=O) groups is 1. The molecule has 2 aromatic carbocycles. The van der Waals surface area contributed by atoms with E-state index >= 15 is 0 Å². The first-order valence-electron chi connectivity index (χ1n) is 7.74. The first-order valence-corrected chi connectivity index (χ1v) is 7.74. The third-order valence-electron chi connectivity index (χ3n) is 3.96. The van der Waals surface area contributed by atoms with Gasteiger partial charge in [0.1, 0.15) is 5.71 Å². The highest BCUT2D eigenvalue weighted by atomic mass is 16.2. The molecule has 1 amide bonds. The molecule has 1 aliphatic rings. The molecule has 0 saturated heterocycles. The molecule has 0 N–H and O–H groups in total. The van der Waals surface area contributed by atoms with Gasteiger partial charge in [-0.25, -0.2) is 4.99 Å². The van der Waals surface area contributed by atoms with Gasteiger partial charge in [0, 0.05) is 16.9 Å². The monoisotopic (exact) mass is 313 g/mol. The minimum atomic E-state index is -0.122. The van der Waals surface area contributed by atoms with E-state index in [1.54, 1.807) is 11.1 Å². The van der Waals surface area contributed by atoms with Gasteiger partial charge in [0.2, 0.25) is 0 Å². The zero-order chi connectivity index (χ0) is 16.5. The van der Waals surface area contributed by atoms with Crippen LogP contribution in [0.5, 0.6) is 0 Å². The molecular weight excluding hydrogens is 298 g/mol. The van der Waals surface area contributed by atoms with Gasteiger partial charge in [-0.05, 0) is 37.3 Å². The number of anilines is 2. The summed E-state index contributed by atoms with van der Waals surface area (Å²) in [5.74, 6) is -0.122. The van der Waals surface area contributed by atoms with Gasteiger partial charge >= 0.3 is 0 Å². The Kier molecular flexibility index (Phi) is 3.43. The van der Waals surface area contributed by atoms with Gasteiger partial charge < -0.3 is 0 Å². The number of aromatic nitrogens is 1. The van der Waals surface area contributed by atoms with Crippen molar-refractivity contribution in [3.05, 3.63) is 84.2 Å². The molecule has 4 nitrogen and oxygen atoms in total. The van der Waals surface area contributed by atoms with E-state index in [1.807, 2.05) is 73.7 Å². The summed E-state index contributed by atoms with van der Waals surface area (Å²) in [5.41, 5.74) is 4.57. The van der Waals surface area contributed by atoms with Crippen LogP contribution in [-0.2, 0) is 4.79 Å². The molecular formula is C20H15N3O. The van der Waals surface area contributed by atoms with Crippen molar-refractivity contribution >= 4 is 28.7 Å². The number of benzene rings is 2. The van der Waals surface area contributed by atoms with Crippen molar-refractivity contribution in [1.82, 2.24) is 4.98 Å². The maximum Gasteiger partial charge on any atom is 0.282 e. The number of aryl methyl sites for hydroxylation is 1. The maximum atomic E-state index is 13.0. The Balaban J connectivity index is 1.85. The van der Waals surface area contributed by atoms with Crippen LogP contribution in [0.3, 0.4) is 0 Å². The van der Waals surface area contributed by atoms with Crippen LogP contribution < -0.4 is 4.90 Å². The molecule has 2 heterocycles. The second-order valence-electron chi connectivity index (χ2n) is 5.61. The van der Waals surface area contributed by atoms with Crippen LogP contribution in [0, 0.1) is 6.92 Å². The van der Waals surface area contributed by atoms with Crippen LogP contribution >= 0.6 is 0 Å². The average molecular weight is 313 g/mol. The summed E-state index contributed by atoms with van der Waals surface area (Å²) in [5, 5.41) is 0. The second-order valence-corrected chi connectivity index (χ2v) is 5.61. The summed E-state index contributed by atoms with van der Waals surface area (Å²) < 4.78 is 0. The van der Waals surface area contributed by atoms with Crippen LogP contribution in [0.2, 0.25) is 0 Å². The Morgan fingerprint density at radius 2 is 1.67 bits per heavy atom. The molecule has 1 aromatic heterocycles. The topological polar surface area (TPSA) is 45.6 Å². The standard InChI is InChI=1S/C20H15N3O/c1-14-11-12-15(13-21-14)22-19-17-9-5-6-10-18(17)23(20(19)24)16-7-3-2-4-8-16/h2-13H,1H3. The Bertz CT molecular complexity index is 931. The predicted octanol–water partition coefficient (Wildman–Crippen LogP) is 4.19. The highest BCUT2D eigenvalue weighted by Crippen LogP contribution is 2.36. The summed E-state index contributed by atoms with van der Waals surface area (Å²) in [6, 6.07) is 21.1. The van der Waals surface area contributed by atoms with E-state index in [1.165, 1.54) is 0 Å². The molecule has 0 fully saturated rings. The molecule has 24 heavy (non-hydrogen) atoms. The Hall–Kier alpha value is -3.27. The lowest BCUT2D eigenvalue weighted by Gasteiger charge is -2.16. The van der Waals surface area contributed by atoms with E-state index in [0.29, 0.717) is 11.4 Å². The lowest BCUT2D eigenvalue weighted by molar-refractivity contribution is -0.111. The fourth-order valence-electron chi connectivity index (χ4n) is 2.80. The molecule has 0 saturated carbocycles. The van der Waals surface area contributed by atoms with Crippen molar-refractivity contribution in [3.8, 4) is 0 Å². The number of carbonyl (C=O) groups excluding carboxylic acids is 1. The molecule has 116 valence electrons. The van der Waals surface area contributed by atoms with Crippen molar-refractivity contribution in [2.75, 3.05) is 4.90 Å². The van der Waals surface area contributed by atoms with E-state index in [-0.39, 0.29) is 5.91 Å². The van der Waals surface area contributed by atoms with Gasteiger partial charge in [-0.2, -0.15) is 0 Å². The summed E-state index contributed by atoms with van der Waals surface area (Å²) in [7, 11) is 0. The minimum Gasteiger partial charge on any atom is -0.275 e. The lowest BCUT2D eigenvalue weighted by Crippen LogP contribution is -2.25. The van der Waals surface area contributed by atoms with Crippen LogP contribution in [-0.4, -0.2) is 16.6 Å². The quantitative estimate of drug-likeness (QED) is 0.712. The molecule has 0 radical (unpaired) electrons. The van der Waals surface area contributed by atoms with Gasteiger partial charge in [-0.15, -0.1) is 0 Å². The summed E-state index contributed by atoms with van der Waals surface area (Å²) in [4.78, 5) is 23.5. The van der Waals surface area contributed by atoms with Crippen molar-refractivity contribution in [2.24, 2.45) is 4.99 Å². The van der Waals surface area contributed by atoms with Gasteiger partial charge in [-0.1, -0.05) is 36.4 Å². The number of pyridine rings is 1. The Labute approximate surface area is 140 Å². The number of aliphatic imine (C=N–C) groups is 1. The Morgan fingerprint density at radius 3 is 2.42 bits per heavy atom. The van der Waals surface area contributed by atoms with Crippen LogP contribution in [0.15, 0.2) is 77.9 Å². The van der Waals surface area contributed by atoms with Gasteiger partial charge in [0.05, 0.1) is 17.6 Å². The predicted molar refractivity (Wildman–Crippen MR) is 95.2 cm³/mol. The molecule has 3 aromatic rings. The molecule has 0 spiro atoms. The smallest absolute Gasteiger partial charge is 0.275 e. The molecule has 1 aliphatic heterocycles. The van der Waals surface area contributed by atoms with Gasteiger partial charge in [0.15, 0.2) is 0 Å². The first kappa shape index (κ1) is 14.3. The highest BCUT2D eigenvalue weighted by Gasteiger charge is 2.34. The van der Waals surface area contributed by atoms with Crippen LogP contribution in [0.4, 0.5) is 17.1 Å². The Morgan fingerprint density at radius 1 is 0.917 bits per heavy atom. The summed E-state index contributed by atoms with van der Waals surface area (Å²) in [6.45, 7) is 1.92. The minimum absolute atomic E-state index is 0.122. The summed E-state index contributed by atoms with van der Waals surface area (Å²) in [6.07, 6.45) is 1.68. The second kappa shape index (κ2) is 5.74. The number of hydrogen-bond acceptors (Lipinski definition) is 3. The number of fused-ring (bicyclic) bond motifs is 1. The van der Waals surface area contributed by atoms with E-state index in [0.717, 1.165) is 22.6 Å². The van der Waals surface area contributed by atoms with Crippen LogP contribution in [0.25, 0.3) is 0 Å². The number of rotatable bonds is 2. The largest absolute Gasteiger partial charge is 0.282 e. The first-order chi connectivity index (χ1) is 11.7. The number of hydrogen-bond donors (Lipinski definition) is 0. The molecule has 4 rings (SSSR count). The normalized spacial score (nSPS) is 15.0. The third-order valence-corrected chi connectivity index (χ3v) is 3.96. The lowest BCUT2D eigenvalue weighted by atomic mass is 10.1. The average Bonchev–Trinajstić information content (AvgIpc) is 2.90. The van der Waals surface area contributed by atoms with Crippen molar-refractivity contribution in [1.29, 1.82) is 0 Å². The number of amides is 1. The highest BCUT2D eigenvalue weighted by molar-refractivity contribution is 6.56. The fourth-order valence-corrected chi connectivity index (χ4v) is 2.80. The van der Waals surface area contributed by atoms with Crippen molar-refractivity contribution < 1.29 is 4.79 Å². The SMILES string of the molecule is Cc1ccc(N=C2C(=O)N(c3ccccc3)c3ccccc32)cn1. The van der Waals surface area contributed by atoms with E-state index in [2.05, 4.69) is 9.98 Å². The van der Waals surface area contributed by atoms with Crippen molar-refractivity contribution in [3.63, 3.8) is 0 Å². The molecule has 4 heteroatoms. The zero-order valence-electron chi connectivity index (χ0n) is 13.2. The fraction of sp³-hybridized carbons (Fsp3) is 0.0500. The van der Waals surface area contributed by atoms with E-state index in [4.69, 9.17) is 0 Å². The molecule has 0 aliphatic carbocycles. The number of nitrogens with zero attached hydrogens (tertiary/aromatic N) is 3. The van der Waals surface area contributed by atoms with E-state index in [9.17, 15) is 4.79 Å². The molecule has 0 bridgehead atoms. The van der Waals surface area contributed by atoms with Crippen molar-refractivity contribution in [2.45, 2.75) is 6.92 Å². The van der Waals surface area contributed by atoms with E-state index < -0.39 is 0 Å². The van der Waals surface area contributed by atoms with Gasteiger partial charge in [0.25, 0.3) is 5.91 Å². The third kappa shape index (κ3) is 2.38.